The molecule has 0 radical (unpaired) electrons. The lowest BCUT2D eigenvalue weighted by molar-refractivity contribution is 0.396. The Morgan fingerprint density at radius 3 is 1.26 bits per heavy atom. The van der Waals surface area contributed by atoms with Crippen molar-refractivity contribution < 1.29 is 9.47 Å². The van der Waals surface area contributed by atoms with Crippen molar-refractivity contribution in [3.05, 3.63) is 124 Å². The first-order valence-corrected chi connectivity index (χ1v) is 12.1. The van der Waals surface area contributed by atoms with E-state index in [1.54, 1.807) is 0 Å². The van der Waals surface area contributed by atoms with Gasteiger partial charge in [-0.05, 0) is 13.8 Å². The minimum Gasteiger partial charge on any atom is -0.496 e. The lowest BCUT2D eigenvalue weighted by Crippen LogP contribution is -2.40. The van der Waals surface area contributed by atoms with Crippen LogP contribution in [0.3, 0.4) is 0 Å². The molecule has 0 aliphatic carbocycles. The van der Waals surface area contributed by atoms with E-state index in [-0.39, 0.29) is 26.2 Å². The predicted molar refractivity (Wildman–Crippen MR) is 142 cm³/mol. The maximum absolute atomic E-state index is 13.5. The summed E-state index contributed by atoms with van der Waals surface area (Å²) < 4.78 is 16.7. The summed E-state index contributed by atoms with van der Waals surface area (Å²) >= 11 is 0. The molecular weight excluding hydrogens is 488 g/mol. The first-order chi connectivity index (χ1) is 18.2. The van der Waals surface area contributed by atoms with Crippen LogP contribution in [-0.2, 0) is 26.2 Å². The van der Waals surface area contributed by atoms with Crippen molar-refractivity contribution in [3.8, 4) is 11.5 Å². The highest BCUT2D eigenvalue weighted by Crippen LogP contribution is 2.28. The molecule has 0 unspecified atom stereocenters. The fourth-order valence-corrected chi connectivity index (χ4v) is 5.20. The van der Waals surface area contributed by atoms with E-state index >= 15 is 0 Å². The zero-order chi connectivity index (χ0) is 27.1. The number of rotatable bonds is 2. The second kappa shape index (κ2) is 9.70. The molecule has 0 spiro atoms. The number of fused-ring (bicyclic) bond motifs is 8. The molecule has 3 heterocycles. The molecule has 0 N–H and O–H groups in total. The second-order valence-electron chi connectivity index (χ2n) is 9.53. The molecular formula is C28H28N4O6. The van der Waals surface area contributed by atoms with Crippen molar-refractivity contribution in [2.24, 2.45) is 0 Å². The molecule has 196 valence electrons. The molecule has 0 saturated heterocycles. The zero-order valence-electron chi connectivity index (χ0n) is 21.7. The molecule has 5 rings (SSSR count). The van der Waals surface area contributed by atoms with Crippen molar-refractivity contribution in [2.45, 2.75) is 40.0 Å². The van der Waals surface area contributed by atoms with Gasteiger partial charge in [0.05, 0.1) is 40.4 Å². The Kier molecular flexibility index (Phi) is 6.40. The van der Waals surface area contributed by atoms with E-state index < -0.39 is 22.5 Å². The zero-order valence-corrected chi connectivity index (χ0v) is 21.7. The van der Waals surface area contributed by atoms with E-state index in [0.29, 0.717) is 22.6 Å². The third kappa shape index (κ3) is 4.38. The van der Waals surface area contributed by atoms with Gasteiger partial charge >= 0.3 is 11.4 Å². The summed E-state index contributed by atoms with van der Waals surface area (Å²) in [6.45, 7) is 4.01. The van der Waals surface area contributed by atoms with Gasteiger partial charge in [0.25, 0.3) is 11.1 Å². The average molecular weight is 517 g/mol. The van der Waals surface area contributed by atoms with Crippen molar-refractivity contribution >= 4 is 0 Å². The Labute approximate surface area is 217 Å². The lowest BCUT2D eigenvalue weighted by atomic mass is 10.0. The molecule has 0 amide bonds. The minimum atomic E-state index is -0.475. The summed E-state index contributed by atoms with van der Waals surface area (Å²) in [5.74, 6) is 0.938. The normalized spacial score (nSPS) is 12.7. The van der Waals surface area contributed by atoms with E-state index in [0.717, 1.165) is 31.4 Å². The first-order valence-electron chi connectivity index (χ1n) is 12.1. The van der Waals surface area contributed by atoms with Crippen LogP contribution < -0.4 is 32.0 Å². The monoisotopic (exact) mass is 516 g/mol. The van der Waals surface area contributed by atoms with Gasteiger partial charge in [-0.1, -0.05) is 35.4 Å². The number of benzene rings is 2. The van der Waals surface area contributed by atoms with Crippen LogP contribution in [0.15, 0.2) is 68.0 Å². The van der Waals surface area contributed by atoms with Crippen LogP contribution in [0, 0.1) is 13.8 Å². The fraction of sp³-hybridized carbons (Fsp3) is 0.286. The third-order valence-electron chi connectivity index (χ3n) is 6.80. The van der Waals surface area contributed by atoms with Crippen LogP contribution in [0.1, 0.15) is 33.4 Å². The maximum atomic E-state index is 13.5. The summed E-state index contributed by atoms with van der Waals surface area (Å²) in [5, 5.41) is 0. The molecule has 10 heteroatoms. The molecule has 0 atom stereocenters. The van der Waals surface area contributed by atoms with Crippen molar-refractivity contribution in [1.82, 2.24) is 18.3 Å². The van der Waals surface area contributed by atoms with Gasteiger partial charge in [-0.2, -0.15) is 0 Å². The van der Waals surface area contributed by atoms with E-state index in [1.807, 2.05) is 38.1 Å². The molecule has 38 heavy (non-hydrogen) atoms. The van der Waals surface area contributed by atoms with Crippen LogP contribution in [0.4, 0.5) is 0 Å². The van der Waals surface area contributed by atoms with Crippen LogP contribution in [-0.4, -0.2) is 32.5 Å². The summed E-state index contributed by atoms with van der Waals surface area (Å²) in [6, 6.07) is 10.2. The smallest absolute Gasteiger partial charge is 0.331 e. The molecule has 1 aliphatic heterocycles. The minimum absolute atomic E-state index is 0.0412. The highest BCUT2D eigenvalue weighted by Gasteiger charge is 2.19. The predicted octanol–water partition coefficient (Wildman–Crippen LogP) is 1.47. The maximum Gasteiger partial charge on any atom is 0.331 e. The van der Waals surface area contributed by atoms with E-state index in [9.17, 15) is 19.2 Å². The summed E-state index contributed by atoms with van der Waals surface area (Å²) in [6.07, 6.45) is 2.95. The highest BCUT2D eigenvalue weighted by molar-refractivity contribution is 5.46. The quantitative estimate of drug-likeness (QED) is 0.352. The number of aromatic nitrogens is 4. The number of hydrogen-bond donors (Lipinski definition) is 0. The standard InChI is InChI=1S/C28H28N4O6/c1-17-9-19-13-29-7-5-23(33)31(27(29)35)15-21-11-18(2)12-22(26(21)38-4)16-32-24(34)6-8-30(28(32)36)14-20(10-17)25(19)37-3/h5-12H,13-16H2,1-4H3. The molecule has 2 aromatic heterocycles. The van der Waals surface area contributed by atoms with Crippen LogP contribution >= 0.6 is 0 Å². The third-order valence-corrected chi connectivity index (χ3v) is 6.80. The van der Waals surface area contributed by atoms with Crippen LogP contribution in [0.2, 0.25) is 0 Å². The van der Waals surface area contributed by atoms with E-state index in [1.165, 1.54) is 47.9 Å². The molecule has 0 fully saturated rings. The summed E-state index contributed by atoms with van der Waals surface area (Å²) in [7, 11) is 3.01. The van der Waals surface area contributed by atoms with Crippen molar-refractivity contribution in [1.29, 1.82) is 0 Å². The molecule has 8 bridgehead atoms. The van der Waals surface area contributed by atoms with Gasteiger partial charge in [0.15, 0.2) is 0 Å². The first kappa shape index (κ1) is 25.1. The molecule has 10 nitrogen and oxygen atoms in total. The van der Waals surface area contributed by atoms with Gasteiger partial charge in [0.1, 0.15) is 11.5 Å². The van der Waals surface area contributed by atoms with E-state index in [4.69, 9.17) is 9.47 Å². The molecule has 2 aromatic carbocycles. The number of ether oxygens (including phenoxy) is 2. The Morgan fingerprint density at radius 1 is 0.579 bits per heavy atom. The second-order valence-corrected chi connectivity index (χ2v) is 9.53. The van der Waals surface area contributed by atoms with Crippen molar-refractivity contribution in [3.63, 3.8) is 0 Å². The number of aryl methyl sites for hydroxylation is 2. The molecule has 0 saturated carbocycles. The summed E-state index contributed by atoms with van der Waals surface area (Å²) in [4.78, 5) is 52.7. The number of nitrogens with zero attached hydrogens (tertiary/aromatic N) is 4. The molecule has 4 aromatic rings. The average Bonchev–Trinajstić information content (AvgIpc) is 2.87. The van der Waals surface area contributed by atoms with Crippen LogP contribution in [0.25, 0.3) is 0 Å². The Bertz CT molecular complexity index is 1690. The van der Waals surface area contributed by atoms with Gasteiger partial charge in [0, 0.05) is 46.8 Å². The lowest BCUT2D eigenvalue weighted by Gasteiger charge is -2.20. The van der Waals surface area contributed by atoms with Gasteiger partial charge in [-0.3, -0.25) is 27.9 Å². The molecule has 1 aliphatic rings. The van der Waals surface area contributed by atoms with Gasteiger partial charge in [-0.25, -0.2) is 9.59 Å². The van der Waals surface area contributed by atoms with Crippen LogP contribution in [0.5, 0.6) is 11.5 Å². The number of hydrogen-bond acceptors (Lipinski definition) is 6. The SMILES string of the molecule is COc1c2cc(C)cc1Cn1ccc(=O)n(c1=O)Cc1cc(C)cc(c1OC)Cn1c(=O)ccn(c1=O)C2. The largest absolute Gasteiger partial charge is 0.496 e. The number of methoxy groups -OCH3 is 2. The van der Waals surface area contributed by atoms with Gasteiger partial charge in [0.2, 0.25) is 0 Å². The van der Waals surface area contributed by atoms with E-state index in [2.05, 4.69) is 0 Å². The Balaban J connectivity index is 1.84. The highest BCUT2D eigenvalue weighted by atomic mass is 16.5. The topological polar surface area (TPSA) is 106 Å². The Morgan fingerprint density at radius 2 is 0.921 bits per heavy atom. The Hall–Kier alpha value is -4.60. The summed E-state index contributed by atoms with van der Waals surface area (Å²) in [5.41, 5.74) is 2.52. The fourth-order valence-electron chi connectivity index (χ4n) is 5.20. The van der Waals surface area contributed by atoms with Gasteiger partial charge in [-0.15, -0.1) is 0 Å². The van der Waals surface area contributed by atoms with Crippen molar-refractivity contribution in [2.75, 3.05) is 14.2 Å². The van der Waals surface area contributed by atoms with Gasteiger partial charge < -0.3 is 9.47 Å².